The average molecular weight is 294 g/mol. The Hall–Kier alpha value is -1.59. The van der Waals surface area contributed by atoms with E-state index in [1.807, 2.05) is 12.1 Å². The predicted molar refractivity (Wildman–Crippen MR) is 84.6 cm³/mol. The molecule has 1 aromatic rings. The van der Waals surface area contributed by atoms with Gasteiger partial charge in [-0.2, -0.15) is 0 Å². The van der Waals surface area contributed by atoms with Gasteiger partial charge in [-0.25, -0.2) is 0 Å². The molecule has 1 atom stereocenters. The van der Waals surface area contributed by atoms with Gasteiger partial charge in [0.1, 0.15) is 5.75 Å². The van der Waals surface area contributed by atoms with Crippen molar-refractivity contribution in [3.63, 3.8) is 0 Å². The zero-order chi connectivity index (χ0) is 15.9. The molecule has 0 bridgehead atoms. The number of rotatable bonds is 7. The molecule has 5 heteroatoms. The Bertz CT molecular complexity index is 455. The number of para-hydroxylation sites is 2. The van der Waals surface area contributed by atoms with Crippen LogP contribution in [-0.4, -0.2) is 37.3 Å². The molecule has 118 valence electrons. The minimum absolute atomic E-state index is 0.0702. The second-order valence-electron chi connectivity index (χ2n) is 6.30. The fourth-order valence-electron chi connectivity index (χ4n) is 2.07. The third-order valence-electron chi connectivity index (χ3n) is 2.89. The van der Waals surface area contributed by atoms with Gasteiger partial charge in [-0.15, -0.1) is 0 Å². The highest BCUT2D eigenvalue weighted by molar-refractivity contribution is 5.93. The maximum absolute atomic E-state index is 11.8. The van der Waals surface area contributed by atoms with E-state index in [0.29, 0.717) is 24.4 Å². The minimum Gasteiger partial charge on any atom is -0.495 e. The Labute approximate surface area is 126 Å². The number of hydrogen-bond acceptors (Lipinski definition) is 4. The first-order valence-corrected chi connectivity index (χ1v) is 7.13. The molecule has 0 aromatic heterocycles. The summed E-state index contributed by atoms with van der Waals surface area (Å²) in [5.41, 5.74) is 0.711. The number of carbonyl (C=O) groups is 1. The number of nitrogens with one attached hydrogen (secondary N) is 2. The molecule has 0 aliphatic carbocycles. The number of anilines is 1. The molecule has 0 saturated carbocycles. The highest BCUT2D eigenvalue weighted by Gasteiger charge is 2.16. The molecule has 1 amide bonds. The van der Waals surface area contributed by atoms with Crippen molar-refractivity contribution in [2.75, 3.05) is 25.5 Å². The number of aliphatic hydroxyl groups excluding tert-OH is 1. The van der Waals surface area contributed by atoms with Gasteiger partial charge in [0.15, 0.2) is 0 Å². The third-order valence-corrected chi connectivity index (χ3v) is 2.89. The van der Waals surface area contributed by atoms with Gasteiger partial charge in [0.05, 0.1) is 25.4 Å². The summed E-state index contributed by atoms with van der Waals surface area (Å²) >= 11 is 0. The SMILES string of the molecule is COc1ccccc1NC(=O)CNCC(O)CC(C)(C)C. The van der Waals surface area contributed by atoms with Crippen LogP contribution in [0, 0.1) is 5.41 Å². The van der Waals surface area contributed by atoms with Crippen molar-refractivity contribution in [2.24, 2.45) is 5.41 Å². The van der Waals surface area contributed by atoms with Crippen LogP contribution in [-0.2, 0) is 4.79 Å². The number of hydrogen-bond donors (Lipinski definition) is 3. The largest absolute Gasteiger partial charge is 0.495 e. The van der Waals surface area contributed by atoms with Crippen molar-refractivity contribution >= 4 is 11.6 Å². The van der Waals surface area contributed by atoms with Crippen LogP contribution < -0.4 is 15.4 Å². The van der Waals surface area contributed by atoms with Crippen molar-refractivity contribution < 1.29 is 14.6 Å². The Balaban J connectivity index is 2.35. The van der Waals surface area contributed by atoms with Crippen LogP contribution >= 0.6 is 0 Å². The molecule has 0 aliphatic heterocycles. The van der Waals surface area contributed by atoms with Crippen molar-refractivity contribution in [3.8, 4) is 5.75 Å². The maximum Gasteiger partial charge on any atom is 0.238 e. The molecule has 0 aliphatic rings. The zero-order valence-corrected chi connectivity index (χ0v) is 13.3. The van der Waals surface area contributed by atoms with Crippen LogP contribution in [0.3, 0.4) is 0 Å². The number of aliphatic hydroxyl groups is 1. The standard InChI is InChI=1S/C16H26N2O3/c1-16(2,3)9-12(19)10-17-11-15(20)18-13-7-5-6-8-14(13)21-4/h5-8,12,17,19H,9-11H2,1-4H3,(H,18,20). The zero-order valence-electron chi connectivity index (χ0n) is 13.3. The molecular weight excluding hydrogens is 268 g/mol. The van der Waals surface area contributed by atoms with Crippen LogP contribution in [0.4, 0.5) is 5.69 Å². The van der Waals surface area contributed by atoms with Gasteiger partial charge in [0.25, 0.3) is 0 Å². The Morgan fingerprint density at radius 3 is 2.62 bits per heavy atom. The van der Waals surface area contributed by atoms with E-state index >= 15 is 0 Å². The van der Waals surface area contributed by atoms with Gasteiger partial charge < -0.3 is 20.5 Å². The number of carbonyl (C=O) groups excluding carboxylic acids is 1. The van der Waals surface area contributed by atoms with E-state index in [-0.39, 0.29) is 17.9 Å². The van der Waals surface area contributed by atoms with Gasteiger partial charge in [-0.1, -0.05) is 32.9 Å². The summed E-state index contributed by atoms with van der Waals surface area (Å²) in [6, 6.07) is 7.25. The summed E-state index contributed by atoms with van der Waals surface area (Å²) in [6.07, 6.45) is 0.234. The fraction of sp³-hybridized carbons (Fsp3) is 0.562. The number of ether oxygens (including phenoxy) is 1. The first kappa shape index (κ1) is 17.5. The first-order valence-electron chi connectivity index (χ1n) is 7.13. The smallest absolute Gasteiger partial charge is 0.238 e. The summed E-state index contributed by atoms with van der Waals surface area (Å²) in [5.74, 6) is 0.459. The molecular formula is C16H26N2O3. The van der Waals surface area contributed by atoms with E-state index in [9.17, 15) is 9.90 Å². The normalized spacial score (nSPS) is 12.8. The van der Waals surface area contributed by atoms with Gasteiger partial charge in [-0.05, 0) is 24.0 Å². The molecule has 0 fully saturated rings. The summed E-state index contributed by atoms with van der Waals surface area (Å²) in [6.45, 7) is 6.77. The van der Waals surface area contributed by atoms with E-state index in [1.165, 1.54) is 0 Å². The average Bonchev–Trinajstić information content (AvgIpc) is 2.37. The molecule has 0 spiro atoms. The number of amides is 1. The van der Waals surface area contributed by atoms with E-state index in [2.05, 4.69) is 31.4 Å². The van der Waals surface area contributed by atoms with Crippen LogP contribution in [0.5, 0.6) is 5.75 Å². The second kappa shape index (κ2) is 8.00. The molecule has 1 aromatic carbocycles. The Morgan fingerprint density at radius 2 is 2.00 bits per heavy atom. The van der Waals surface area contributed by atoms with Crippen LogP contribution in [0.25, 0.3) is 0 Å². The van der Waals surface area contributed by atoms with Crippen molar-refractivity contribution in [1.82, 2.24) is 5.32 Å². The molecule has 0 saturated heterocycles. The predicted octanol–water partition coefficient (Wildman–Crippen LogP) is 2.02. The quantitative estimate of drug-likeness (QED) is 0.719. The summed E-state index contributed by atoms with van der Waals surface area (Å²) in [7, 11) is 1.56. The van der Waals surface area contributed by atoms with Gasteiger partial charge in [0, 0.05) is 6.54 Å². The van der Waals surface area contributed by atoms with Crippen molar-refractivity contribution in [1.29, 1.82) is 0 Å². The Morgan fingerprint density at radius 1 is 1.33 bits per heavy atom. The lowest BCUT2D eigenvalue weighted by atomic mass is 9.89. The summed E-state index contributed by atoms with van der Waals surface area (Å²) < 4.78 is 5.17. The lowest BCUT2D eigenvalue weighted by Gasteiger charge is -2.22. The minimum atomic E-state index is -0.455. The van der Waals surface area contributed by atoms with E-state index in [1.54, 1.807) is 19.2 Å². The molecule has 1 unspecified atom stereocenters. The van der Waals surface area contributed by atoms with Crippen LogP contribution in [0.1, 0.15) is 27.2 Å². The number of methoxy groups -OCH3 is 1. The van der Waals surface area contributed by atoms with Gasteiger partial charge >= 0.3 is 0 Å². The summed E-state index contributed by atoms with van der Waals surface area (Å²) in [4.78, 5) is 11.8. The van der Waals surface area contributed by atoms with Gasteiger partial charge in [-0.3, -0.25) is 4.79 Å². The van der Waals surface area contributed by atoms with E-state index in [4.69, 9.17) is 4.74 Å². The highest BCUT2D eigenvalue weighted by Crippen LogP contribution is 2.22. The van der Waals surface area contributed by atoms with Gasteiger partial charge in [0.2, 0.25) is 5.91 Å². The van der Waals surface area contributed by atoms with Crippen LogP contribution in [0.2, 0.25) is 0 Å². The maximum atomic E-state index is 11.8. The summed E-state index contributed by atoms with van der Waals surface area (Å²) in [5, 5.41) is 15.6. The monoisotopic (exact) mass is 294 g/mol. The topological polar surface area (TPSA) is 70.6 Å². The molecule has 1 rings (SSSR count). The van der Waals surface area contributed by atoms with E-state index < -0.39 is 6.10 Å². The fourth-order valence-corrected chi connectivity index (χ4v) is 2.07. The molecule has 5 nitrogen and oxygen atoms in total. The Kier molecular flexibility index (Phi) is 6.65. The van der Waals surface area contributed by atoms with E-state index in [0.717, 1.165) is 0 Å². The lowest BCUT2D eigenvalue weighted by molar-refractivity contribution is -0.115. The second-order valence-corrected chi connectivity index (χ2v) is 6.30. The molecule has 0 heterocycles. The third kappa shape index (κ3) is 7.11. The van der Waals surface area contributed by atoms with Crippen molar-refractivity contribution in [3.05, 3.63) is 24.3 Å². The first-order chi connectivity index (χ1) is 9.81. The lowest BCUT2D eigenvalue weighted by Crippen LogP contribution is -2.35. The molecule has 21 heavy (non-hydrogen) atoms. The molecule has 3 N–H and O–H groups in total. The highest BCUT2D eigenvalue weighted by atomic mass is 16.5. The number of benzene rings is 1. The van der Waals surface area contributed by atoms with Crippen LogP contribution in [0.15, 0.2) is 24.3 Å². The van der Waals surface area contributed by atoms with Crippen molar-refractivity contribution in [2.45, 2.75) is 33.3 Å². The molecule has 0 radical (unpaired) electrons.